The molecular formula is C18H30N2O3. The van der Waals surface area contributed by atoms with Gasteiger partial charge in [-0.2, -0.15) is 0 Å². The van der Waals surface area contributed by atoms with Crippen LogP contribution in [0.4, 0.5) is 4.79 Å². The SMILES string of the molecule is CCC(CNCc1ccccc1COC)NC(=O)OC(C)(C)C. The van der Waals surface area contributed by atoms with Crippen molar-refractivity contribution in [1.82, 2.24) is 10.6 Å². The van der Waals surface area contributed by atoms with Crippen molar-refractivity contribution in [2.75, 3.05) is 13.7 Å². The molecule has 0 aliphatic rings. The molecule has 0 saturated carbocycles. The van der Waals surface area contributed by atoms with Crippen LogP contribution in [0.25, 0.3) is 0 Å². The lowest BCUT2D eigenvalue weighted by Gasteiger charge is -2.23. The van der Waals surface area contributed by atoms with Crippen LogP contribution < -0.4 is 10.6 Å². The van der Waals surface area contributed by atoms with Gasteiger partial charge in [-0.25, -0.2) is 4.79 Å². The third-order valence-electron chi connectivity index (χ3n) is 3.34. The molecule has 0 aliphatic carbocycles. The van der Waals surface area contributed by atoms with Crippen LogP contribution in [0.3, 0.4) is 0 Å². The zero-order chi connectivity index (χ0) is 17.3. The summed E-state index contributed by atoms with van der Waals surface area (Å²) in [6.45, 7) is 9.66. The Labute approximate surface area is 139 Å². The van der Waals surface area contributed by atoms with Crippen molar-refractivity contribution in [3.63, 3.8) is 0 Å². The molecule has 1 atom stereocenters. The number of hydrogen-bond donors (Lipinski definition) is 2. The molecule has 130 valence electrons. The highest BCUT2D eigenvalue weighted by atomic mass is 16.6. The molecule has 0 spiro atoms. The summed E-state index contributed by atoms with van der Waals surface area (Å²) in [5, 5.41) is 6.29. The molecule has 23 heavy (non-hydrogen) atoms. The molecule has 0 heterocycles. The monoisotopic (exact) mass is 322 g/mol. The fraction of sp³-hybridized carbons (Fsp3) is 0.611. The van der Waals surface area contributed by atoms with E-state index in [1.54, 1.807) is 7.11 Å². The number of carbonyl (C=O) groups is 1. The van der Waals surface area contributed by atoms with E-state index in [2.05, 4.69) is 22.8 Å². The van der Waals surface area contributed by atoms with Crippen LogP contribution in [0.5, 0.6) is 0 Å². The van der Waals surface area contributed by atoms with Gasteiger partial charge in [0.15, 0.2) is 0 Å². The van der Waals surface area contributed by atoms with Crippen LogP contribution in [0.2, 0.25) is 0 Å². The van der Waals surface area contributed by atoms with Gasteiger partial charge in [0.25, 0.3) is 0 Å². The lowest BCUT2D eigenvalue weighted by atomic mass is 10.1. The number of alkyl carbamates (subject to hydrolysis) is 1. The molecule has 5 nitrogen and oxygen atoms in total. The predicted octanol–water partition coefficient (Wildman–Crippen LogP) is 3.23. The summed E-state index contributed by atoms with van der Waals surface area (Å²) < 4.78 is 10.5. The smallest absolute Gasteiger partial charge is 0.407 e. The second-order valence-electron chi connectivity index (χ2n) is 6.58. The average molecular weight is 322 g/mol. The quantitative estimate of drug-likeness (QED) is 0.771. The molecule has 0 radical (unpaired) electrons. The van der Waals surface area contributed by atoms with E-state index in [1.807, 2.05) is 39.8 Å². The van der Waals surface area contributed by atoms with Crippen molar-refractivity contribution >= 4 is 6.09 Å². The molecule has 0 fully saturated rings. The summed E-state index contributed by atoms with van der Waals surface area (Å²) >= 11 is 0. The molecule has 0 saturated heterocycles. The zero-order valence-corrected chi connectivity index (χ0v) is 14.9. The molecular weight excluding hydrogens is 292 g/mol. The lowest BCUT2D eigenvalue weighted by Crippen LogP contribution is -2.43. The van der Waals surface area contributed by atoms with Crippen LogP contribution in [0.15, 0.2) is 24.3 Å². The van der Waals surface area contributed by atoms with Gasteiger partial charge in [0.1, 0.15) is 5.60 Å². The Balaban J connectivity index is 2.45. The molecule has 0 bridgehead atoms. The van der Waals surface area contributed by atoms with Gasteiger partial charge < -0.3 is 20.1 Å². The first kappa shape index (κ1) is 19.5. The number of carbonyl (C=O) groups excluding carboxylic acids is 1. The van der Waals surface area contributed by atoms with Crippen LogP contribution in [-0.2, 0) is 22.6 Å². The van der Waals surface area contributed by atoms with Crippen molar-refractivity contribution in [2.45, 2.75) is 58.9 Å². The molecule has 1 amide bonds. The summed E-state index contributed by atoms with van der Waals surface area (Å²) in [7, 11) is 1.70. The van der Waals surface area contributed by atoms with E-state index in [0.717, 1.165) is 13.0 Å². The third-order valence-corrected chi connectivity index (χ3v) is 3.34. The Kier molecular flexibility index (Phi) is 8.06. The van der Waals surface area contributed by atoms with Gasteiger partial charge in [0.2, 0.25) is 0 Å². The van der Waals surface area contributed by atoms with Gasteiger partial charge >= 0.3 is 6.09 Å². The number of methoxy groups -OCH3 is 1. The normalized spacial score (nSPS) is 12.7. The van der Waals surface area contributed by atoms with Crippen molar-refractivity contribution < 1.29 is 14.3 Å². The van der Waals surface area contributed by atoms with Gasteiger partial charge in [-0.1, -0.05) is 31.2 Å². The summed E-state index contributed by atoms with van der Waals surface area (Å²) in [6, 6.07) is 8.23. The molecule has 0 aromatic heterocycles. The highest BCUT2D eigenvalue weighted by Gasteiger charge is 2.18. The van der Waals surface area contributed by atoms with Crippen LogP contribution in [0, 0.1) is 0 Å². The summed E-state index contributed by atoms with van der Waals surface area (Å²) in [6.07, 6.45) is 0.470. The molecule has 2 N–H and O–H groups in total. The Hall–Kier alpha value is -1.59. The first-order valence-corrected chi connectivity index (χ1v) is 8.11. The highest BCUT2D eigenvalue weighted by molar-refractivity contribution is 5.68. The van der Waals surface area contributed by atoms with Crippen molar-refractivity contribution in [2.24, 2.45) is 0 Å². The second-order valence-corrected chi connectivity index (χ2v) is 6.58. The molecule has 0 aliphatic heterocycles. The zero-order valence-electron chi connectivity index (χ0n) is 14.9. The van der Waals surface area contributed by atoms with Gasteiger partial charge in [0.05, 0.1) is 6.61 Å². The minimum Gasteiger partial charge on any atom is -0.444 e. The lowest BCUT2D eigenvalue weighted by molar-refractivity contribution is 0.0502. The van der Waals surface area contributed by atoms with Gasteiger partial charge in [0, 0.05) is 26.2 Å². The van der Waals surface area contributed by atoms with E-state index in [-0.39, 0.29) is 12.1 Å². The van der Waals surface area contributed by atoms with Gasteiger partial charge in [-0.3, -0.25) is 0 Å². The van der Waals surface area contributed by atoms with E-state index >= 15 is 0 Å². The molecule has 1 aromatic carbocycles. The Bertz CT molecular complexity index is 483. The number of ether oxygens (including phenoxy) is 2. The largest absolute Gasteiger partial charge is 0.444 e. The summed E-state index contributed by atoms with van der Waals surface area (Å²) in [5.41, 5.74) is 1.91. The standard InChI is InChI=1S/C18H30N2O3/c1-6-16(20-17(21)23-18(2,3)4)12-19-11-14-9-7-8-10-15(14)13-22-5/h7-10,16,19H,6,11-13H2,1-5H3,(H,20,21). The first-order chi connectivity index (χ1) is 10.9. The van der Waals surface area contributed by atoms with Crippen molar-refractivity contribution in [3.8, 4) is 0 Å². The topological polar surface area (TPSA) is 59.6 Å². The number of benzene rings is 1. The summed E-state index contributed by atoms with van der Waals surface area (Å²) in [5.74, 6) is 0. The molecule has 1 rings (SSSR count). The van der Waals surface area contributed by atoms with Crippen LogP contribution in [-0.4, -0.2) is 31.4 Å². The number of amides is 1. The maximum Gasteiger partial charge on any atom is 0.407 e. The van der Waals surface area contributed by atoms with E-state index in [1.165, 1.54) is 11.1 Å². The van der Waals surface area contributed by atoms with E-state index in [0.29, 0.717) is 13.2 Å². The molecule has 1 aromatic rings. The minimum absolute atomic E-state index is 0.0411. The molecule has 5 heteroatoms. The third kappa shape index (κ3) is 8.00. The average Bonchev–Trinajstić information content (AvgIpc) is 2.46. The van der Waals surface area contributed by atoms with E-state index in [4.69, 9.17) is 9.47 Å². The Morgan fingerprint density at radius 2 is 1.87 bits per heavy atom. The van der Waals surface area contributed by atoms with E-state index < -0.39 is 5.60 Å². The number of nitrogens with one attached hydrogen (secondary N) is 2. The molecule has 1 unspecified atom stereocenters. The first-order valence-electron chi connectivity index (χ1n) is 8.11. The number of rotatable bonds is 8. The predicted molar refractivity (Wildman–Crippen MR) is 92.3 cm³/mol. The fourth-order valence-corrected chi connectivity index (χ4v) is 2.18. The Morgan fingerprint density at radius 1 is 1.22 bits per heavy atom. The fourth-order valence-electron chi connectivity index (χ4n) is 2.18. The van der Waals surface area contributed by atoms with Crippen LogP contribution in [0.1, 0.15) is 45.2 Å². The highest BCUT2D eigenvalue weighted by Crippen LogP contribution is 2.10. The van der Waals surface area contributed by atoms with E-state index in [9.17, 15) is 4.79 Å². The van der Waals surface area contributed by atoms with Crippen LogP contribution >= 0.6 is 0 Å². The Morgan fingerprint density at radius 3 is 2.43 bits per heavy atom. The van der Waals surface area contributed by atoms with Gasteiger partial charge in [-0.05, 0) is 38.3 Å². The maximum absolute atomic E-state index is 11.8. The summed E-state index contributed by atoms with van der Waals surface area (Å²) in [4.78, 5) is 11.8. The minimum atomic E-state index is -0.477. The van der Waals surface area contributed by atoms with Crippen molar-refractivity contribution in [1.29, 1.82) is 0 Å². The number of hydrogen-bond acceptors (Lipinski definition) is 4. The maximum atomic E-state index is 11.8. The van der Waals surface area contributed by atoms with Gasteiger partial charge in [-0.15, -0.1) is 0 Å². The second kappa shape index (κ2) is 9.53. The van der Waals surface area contributed by atoms with Crippen molar-refractivity contribution in [3.05, 3.63) is 35.4 Å².